The Bertz CT molecular complexity index is 456. The highest BCUT2D eigenvalue weighted by molar-refractivity contribution is 9.10. The molecule has 1 amide bonds. The van der Waals surface area contributed by atoms with Crippen molar-refractivity contribution < 1.29 is 13.6 Å². The first kappa shape index (κ1) is 11.5. The number of nitrogens with two attached hydrogens (primary N) is 1. The summed E-state index contributed by atoms with van der Waals surface area (Å²) in [7, 11) is 0. The van der Waals surface area contributed by atoms with Crippen molar-refractivity contribution in [2.75, 3.05) is 0 Å². The number of halogens is 3. The van der Waals surface area contributed by atoms with E-state index in [1.54, 1.807) is 6.07 Å². The van der Waals surface area contributed by atoms with Crippen molar-refractivity contribution in [2.45, 2.75) is 6.43 Å². The molecule has 1 aromatic rings. The van der Waals surface area contributed by atoms with Crippen LogP contribution in [0.25, 0.3) is 0 Å². The highest BCUT2D eigenvalue weighted by Gasteiger charge is 2.20. The molecule has 0 saturated carbocycles. The second kappa shape index (κ2) is 4.31. The van der Waals surface area contributed by atoms with E-state index in [0.717, 1.165) is 6.07 Å². The lowest BCUT2D eigenvalue weighted by molar-refractivity contribution is 0.0980. The van der Waals surface area contributed by atoms with Gasteiger partial charge in [0.25, 0.3) is 12.3 Å². The Hall–Kier alpha value is -1.55. The molecular formula is C8H4BrF2N3O. The fourth-order valence-corrected chi connectivity index (χ4v) is 1.33. The number of amides is 1. The Labute approximate surface area is 91.8 Å². The summed E-state index contributed by atoms with van der Waals surface area (Å²) in [4.78, 5) is 14.3. The maximum Gasteiger partial charge on any atom is 0.267 e. The van der Waals surface area contributed by atoms with Gasteiger partial charge in [-0.3, -0.25) is 4.79 Å². The van der Waals surface area contributed by atoms with Crippen molar-refractivity contribution >= 4 is 21.8 Å². The largest absolute Gasteiger partial charge is 0.364 e. The molecule has 0 bridgehead atoms. The molecule has 4 nitrogen and oxygen atoms in total. The van der Waals surface area contributed by atoms with Crippen molar-refractivity contribution in [3.05, 3.63) is 27.5 Å². The predicted molar refractivity (Wildman–Crippen MR) is 50.1 cm³/mol. The van der Waals surface area contributed by atoms with E-state index in [1.807, 2.05) is 0 Å². The fourth-order valence-electron chi connectivity index (χ4n) is 0.948. The molecule has 0 radical (unpaired) electrons. The minimum atomic E-state index is -2.90. The Balaban J connectivity index is 3.47. The molecule has 0 aliphatic carbocycles. The summed E-state index contributed by atoms with van der Waals surface area (Å²) < 4.78 is 24.9. The van der Waals surface area contributed by atoms with E-state index in [9.17, 15) is 13.6 Å². The van der Waals surface area contributed by atoms with Gasteiger partial charge in [0.1, 0.15) is 16.4 Å². The number of primary amides is 1. The smallest absolute Gasteiger partial charge is 0.267 e. The third kappa shape index (κ3) is 2.27. The van der Waals surface area contributed by atoms with Gasteiger partial charge >= 0.3 is 0 Å². The van der Waals surface area contributed by atoms with Crippen LogP contribution in [0.1, 0.15) is 28.0 Å². The van der Waals surface area contributed by atoms with E-state index < -0.39 is 23.6 Å². The number of alkyl halides is 2. The molecule has 1 rings (SSSR count). The van der Waals surface area contributed by atoms with Crippen LogP contribution < -0.4 is 5.73 Å². The van der Waals surface area contributed by atoms with E-state index in [4.69, 9.17) is 11.0 Å². The van der Waals surface area contributed by atoms with Crippen LogP contribution in [0.15, 0.2) is 10.7 Å². The van der Waals surface area contributed by atoms with Crippen LogP contribution >= 0.6 is 15.9 Å². The molecule has 0 unspecified atom stereocenters. The number of nitriles is 1. The van der Waals surface area contributed by atoms with Gasteiger partial charge in [-0.15, -0.1) is 0 Å². The van der Waals surface area contributed by atoms with Gasteiger partial charge in [0.15, 0.2) is 0 Å². The lowest BCUT2D eigenvalue weighted by Gasteiger charge is -2.06. The molecule has 0 aromatic carbocycles. The summed E-state index contributed by atoms with van der Waals surface area (Å²) in [6.45, 7) is 0. The standard InChI is InChI=1S/C8H4BrF2N3O/c9-6-3(2-12)1-4(7(10)11)5(14-6)8(13)15/h1,7H,(H2,13,15). The zero-order chi connectivity index (χ0) is 11.6. The third-order valence-corrected chi connectivity index (χ3v) is 2.20. The van der Waals surface area contributed by atoms with Crippen LogP contribution in [0.2, 0.25) is 0 Å². The molecule has 0 saturated heterocycles. The fraction of sp³-hybridized carbons (Fsp3) is 0.125. The second-order valence-electron chi connectivity index (χ2n) is 2.54. The van der Waals surface area contributed by atoms with Crippen molar-refractivity contribution in [2.24, 2.45) is 5.73 Å². The molecule has 0 aliphatic heterocycles. The summed E-state index contributed by atoms with van der Waals surface area (Å²) in [6, 6.07) is 2.55. The van der Waals surface area contributed by atoms with Gasteiger partial charge in [0, 0.05) is 0 Å². The average molecular weight is 276 g/mol. The summed E-state index contributed by atoms with van der Waals surface area (Å²) in [6.07, 6.45) is -2.90. The van der Waals surface area contributed by atoms with Gasteiger partial charge in [-0.25, -0.2) is 13.8 Å². The number of pyridine rings is 1. The number of hydrogen-bond acceptors (Lipinski definition) is 3. The Morgan fingerprint density at radius 3 is 2.67 bits per heavy atom. The van der Waals surface area contributed by atoms with Gasteiger partial charge in [0.05, 0.1) is 11.1 Å². The zero-order valence-corrected chi connectivity index (χ0v) is 8.75. The number of carbonyl (C=O) groups is 1. The van der Waals surface area contributed by atoms with Crippen molar-refractivity contribution in [3.8, 4) is 6.07 Å². The van der Waals surface area contributed by atoms with Crippen LogP contribution in [0.4, 0.5) is 8.78 Å². The lowest BCUT2D eigenvalue weighted by Crippen LogP contribution is -2.17. The molecular weight excluding hydrogens is 272 g/mol. The highest BCUT2D eigenvalue weighted by Crippen LogP contribution is 2.25. The summed E-state index contributed by atoms with van der Waals surface area (Å²) >= 11 is 2.87. The lowest BCUT2D eigenvalue weighted by atomic mass is 10.1. The maximum absolute atomic E-state index is 12.5. The molecule has 7 heteroatoms. The molecule has 2 N–H and O–H groups in total. The van der Waals surface area contributed by atoms with Crippen molar-refractivity contribution in [1.29, 1.82) is 5.26 Å². The number of carbonyl (C=O) groups excluding carboxylic acids is 1. The first-order chi connectivity index (χ1) is 6.97. The molecule has 15 heavy (non-hydrogen) atoms. The van der Waals surface area contributed by atoms with Crippen LogP contribution in [0, 0.1) is 11.3 Å². The Morgan fingerprint density at radius 2 is 2.27 bits per heavy atom. The van der Waals surface area contributed by atoms with E-state index in [2.05, 4.69) is 20.9 Å². The van der Waals surface area contributed by atoms with E-state index in [0.29, 0.717) is 0 Å². The Morgan fingerprint density at radius 1 is 1.67 bits per heavy atom. The highest BCUT2D eigenvalue weighted by atomic mass is 79.9. The third-order valence-electron chi connectivity index (χ3n) is 1.59. The van der Waals surface area contributed by atoms with Gasteiger partial charge in [-0.2, -0.15) is 5.26 Å². The molecule has 1 aromatic heterocycles. The molecule has 1 heterocycles. The predicted octanol–water partition coefficient (Wildman–Crippen LogP) is 1.75. The number of rotatable bonds is 2. The monoisotopic (exact) mass is 275 g/mol. The van der Waals surface area contributed by atoms with Gasteiger partial charge in [-0.1, -0.05) is 0 Å². The van der Waals surface area contributed by atoms with Crippen molar-refractivity contribution in [3.63, 3.8) is 0 Å². The van der Waals surface area contributed by atoms with Gasteiger partial charge < -0.3 is 5.73 Å². The quantitative estimate of drug-likeness (QED) is 0.835. The van der Waals surface area contributed by atoms with Crippen molar-refractivity contribution in [1.82, 2.24) is 4.98 Å². The van der Waals surface area contributed by atoms with Crippen LogP contribution in [-0.2, 0) is 0 Å². The van der Waals surface area contributed by atoms with Gasteiger partial charge in [0.2, 0.25) is 0 Å². The second-order valence-corrected chi connectivity index (χ2v) is 3.29. The minimum absolute atomic E-state index is 0.0169. The minimum Gasteiger partial charge on any atom is -0.364 e. The zero-order valence-electron chi connectivity index (χ0n) is 7.17. The molecule has 0 aliphatic rings. The first-order valence-electron chi connectivity index (χ1n) is 3.66. The van der Waals surface area contributed by atoms with E-state index in [-0.39, 0.29) is 10.2 Å². The SMILES string of the molecule is N#Cc1cc(C(F)F)c(C(N)=O)nc1Br. The molecule has 0 fully saturated rings. The van der Waals surface area contributed by atoms with Gasteiger partial charge in [-0.05, 0) is 22.0 Å². The molecule has 0 spiro atoms. The van der Waals surface area contributed by atoms with E-state index >= 15 is 0 Å². The molecule has 78 valence electrons. The summed E-state index contributed by atoms with van der Waals surface area (Å²) in [5.74, 6) is -1.06. The van der Waals surface area contributed by atoms with Crippen LogP contribution in [0.3, 0.4) is 0 Å². The topological polar surface area (TPSA) is 79.8 Å². The summed E-state index contributed by atoms with van der Waals surface area (Å²) in [5.41, 5.74) is 3.63. The molecule has 0 atom stereocenters. The Kier molecular flexibility index (Phi) is 3.31. The van der Waals surface area contributed by atoms with E-state index in [1.165, 1.54) is 0 Å². The number of nitrogens with zero attached hydrogens (tertiary/aromatic N) is 2. The summed E-state index contributed by atoms with van der Waals surface area (Å²) in [5, 5.41) is 8.57. The maximum atomic E-state index is 12.5. The number of aromatic nitrogens is 1. The van der Waals surface area contributed by atoms with Crippen LogP contribution in [0.5, 0.6) is 0 Å². The average Bonchev–Trinajstić information content (AvgIpc) is 2.16. The van der Waals surface area contributed by atoms with Crippen LogP contribution in [-0.4, -0.2) is 10.9 Å². The first-order valence-corrected chi connectivity index (χ1v) is 4.45. The number of hydrogen-bond donors (Lipinski definition) is 1. The normalized spacial score (nSPS) is 10.1.